The van der Waals surface area contributed by atoms with Crippen molar-refractivity contribution in [3.8, 4) is 5.75 Å². The fraction of sp³-hybridized carbons (Fsp3) is 0.667. The van der Waals surface area contributed by atoms with Gasteiger partial charge < -0.3 is 15.0 Å². The highest BCUT2D eigenvalue weighted by molar-refractivity contribution is 5.28. The minimum absolute atomic E-state index is 0.919. The fourth-order valence-corrected chi connectivity index (χ4v) is 3.13. The third-order valence-electron chi connectivity index (χ3n) is 4.41. The Bertz CT molecular complexity index is 402. The molecule has 0 saturated heterocycles. The molecule has 0 amide bonds. The first kappa shape index (κ1) is 16.3. The average Bonchev–Trinajstić information content (AvgIpc) is 2.53. The van der Waals surface area contributed by atoms with Crippen LogP contribution in [0, 0.1) is 5.92 Å². The van der Waals surface area contributed by atoms with E-state index in [0.29, 0.717) is 0 Å². The van der Waals surface area contributed by atoms with Gasteiger partial charge in [-0.25, -0.2) is 0 Å². The lowest BCUT2D eigenvalue weighted by Crippen LogP contribution is -2.32. The maximum absolute atomic E-state index is 5.27. The van der Waals surface area contributed by atoms with Gasteiger partial charge in [0.2, 0.25) is 0 Å². The molecule has 3 nitrogen and oxygen atoms in total. The van der Waals surface area contributed by atoms with Gasteiger partial charge in [0.15, 0.2) is 0 Å². The largest absolute Gasteiger partial charge is 0.497 e. The first-order chi connectivity index (χ1) is 10.3. The van der Waals surface area contributed by atoms with Crippen LogP contribution < -0.4 is 10.1 Å². The predicted octanol–water partition coefficient (Wildman–Crippen LogP) is 3.30. The lowest BCUT2D eigenvalue weighted by molar-refractivity contribution is 0.303. The molecule has 3 heteroatoms. The third-order valence-corrected chi connectivity index (χ3v) is 4.41. The second kappa shape index (κ2) is 9.06. The summed E-state index contributed by atoms with van der Waals surface area (Å²) in [7, 11) is 3.90. The van der Waals surface area contributed by atoms with E-state index in [4.69, 9.17) is 4.74 Å². The van der Waals surface area contributed by atoms with Crippen molar-refractivity contribution >= 4 is 0 Å². The molecule has 1 aromatic rings. The van der Waals surface area contributed by atoms with Gasteiger partial charge in [0.05, 0.1) is 7.11 Å². The summed E-state index contributed by atoms with van der Waals surface area (Å²) < 4.78 is 5.27. The van der Waals surface area contributed by atoms with Crippen molar-refractivity contribution in [2.75, 3.05) is 33.8 Å². The fourth-order valence-electron chi connectivity index (χ4n) is 3.13. The van der Waals surface area contributed by atoms with Crippen LogP contribution in [0.1, 0.15) is 37.7 Å². The Hall–Kier alpha value is -1.06. The van der Waals surface area contributed by atoms with Crippen LogP contribution in [0.4, 0.5) is 0 Å². The smallest absolute Gasteiger partial charge is 0.119 e. The molecule has 0 bridgehead atoms. The Balaban J connectivity index is 1.61. The highest BCUT2D eigenvalue weighted by Gasteiger charge is 2.12. The van der Waals surface area contributed by atoms with E-state index < -0.39 is 0 Å². The summed E-state index contributed by atoms with van der Waals surface area (Å²) >= 11 is 0. The molecule has 0 heterocycles. The van der Waals surface area contributed by atoms with E-state index in [-0.39, 0.29) is 0 Å². The highest BCUT2D eigenvalue weighted by Crippen LogP contribution is 2.22. The normalized spacial score (nSPS) is 16.3. The SMILES string of the molecule is COc1cccc(CN(C)CCNCC2CCCCC2)c1. The molecule has 1 aromatic carbocycles. The van der Waals surface area contributed by atoms with Crippen molar-refractivity contribution in [1.29, 1.82) is 0 Å². The lowest BCUT2D eigenvalue weighted by Gasteiger charge is -2.23. The third kappa shape index (κ3) is 6.06. The first-order valence-electron chi connectivity index (χ1n) is 8.30. The zero-order chi connectivity index (χ0) is 14.9. The van der Waals surface area contributed by atoms with Gasteiger partial charge in [-0.15, -0.1) is 0 Å². The summed E-state index contributed by atoms with van der Waals surface area (Å²) in [6.45, 7) is 4.34. The molecule has 1 aliphatic rings. The molecule has 21 heavy (non-hydrogen) atoms. The van der Waals surface area contributed by atoms with Gasteiger partial charge in [-0.3, -0.25) is 0 Å². The molecule has 2 rings (SSSR count). The van der Waals surface area contributed by atoms with Crippen LogP contribution in [0.25, 0.3) is 0 Å². The second-order valence-electron chi connectivity index (χ2n) is 6.30. The summed E-state index contributed by atoms with van der Waals surface area (Å²) in [4.78, 5) is 2.36. The van der Waals surface area contributed by atoms with Crippen LogP contribution in [-0.4, -0.2) is 38.7 Å². The van der Waals surface area contributed by atoms with E-state index in [2.05, 4.69) is 35.5 Å². The maximum atomic E-state index is 5.27. The number of hydrogen-bond acceptors (Lipinski definition) is 3. The van der Waals surface area contributed by atoms with Crippen LogP contribution in [0.5, 0.6) is 5.75 Å². The number of hydrogen-bond donors (Lipinski definition) is 1. The molecular weight excluding hydrogens is 260 g/mol. The molecule has 0 aliphatic heterocycles. The molecule has 0 unspecified atom stereocenters. The molecule has 0 aromatic heterocycles. The van der Waals surface area contributed by atoms with E-state index in [1.807, 2.05) is 6.07 Å². The predicted molar refractivity (Wildman–Crippen MR) is 88.8 cm³/mol. The van der Waals surface area contributed by atoms with Gasteiger partial charge in [0.1, 0.15) is 5.75 Å². The van der Waals surface area contributed by atoms with Gasteiger partial charge in [0.25, 0.3) is 0 Å². The van der Waals surface area contributed by atoms with Gasteiger partial charge in [-0.05, 0) is 50.0 Å². The van der Waals surface area contributed by atoms with Crippen LogP contribution >= 0.6 is 0 Å². The van der Waals surface area contributed by atoms with E-state index in [0.717, 1.165) is 31.3 Å². The highest BCUT2D eigenvalue weighted by atomic mass is 16.5. The summed E-state index contributed by atoms with van der Waals surface area (Å²) in [6, 6.07) is 8.33. The lowest BCUT2D eigenvalue weighted by atomic mass is 9.89. The van der Waals surface area contributed by atoms with Gasteiger partial charge in [-0.2, -0.15) is 0 Å². The molecule has 0 atom stereocenters. The molecule has 1 N–H and O–H groups in total. The standard InChI is InChI=1S/C18H30N2O/c1-20(15-17-9-6-10-18(13-17)21-2)12-11-19-14-16-7-4-3-5-8-16/h6,9-10,13,16,19H,3-5,7-8,11-12,14-15H2,1-2H3. The summed E-state index contributed by atoms with van der Waals surface area (Å²) in [5.41, 5.74) is 1.31. The van der Waals surface area contributed by atoms with Crippen LogP contribution in [-0.2, 0) is 6.54 Å². The molecular formula is C18H30N2O. The Labute approximate surface area is 129 Å². The Morgan fingerprint density at radius 1 is 1.24 bits per heavy atom. The van der Waals surface area contributed by atoms with Gasteiger partial charge >= 0.3 is 0 Å². The Morgan fingerprint density at radius 3 is 2.81 bits per heavy atom. The minimum Gasteiger partial charge on any atom is -0.497 e. The van der Waals surface area contributed by atoms with Crippen molar-refractivity contribution in [1.82, 2.24) is 10.2 Å². The molecule has 1 saturated carbocycles. The molecule has 1 aliphatic carbocycles. The van der Waals surface area contributed by atoms with Gasteiger partial charge in [-0.1, -0.05) is 31.4 Å². The van der Waals surface area contributed by atoms with Gasteiger partial charge in [0, 0.05) is 19.6 Å². The van der Waals surface area contributed by atoms with Crippen molar-refractivity contribution in [3.63, 3.8) is 0 Å². The summed E-state index contributed by atoms with van der Waals surface area (Å²) in [6.07, 6.45) is 7.16. The number of methoxy groups -OCH3 is 1. The number of ether oxygens (including phenoxy) is 1. The monoisotopic (exact) mass is 290 g/mol. The van der Waals surface area contributed by atoms with Crippen LogP contribution in [0.2, 0.25) is 0 Å². The molecule has 0 radical (unpaired) electrons. The maximum Gasteiger partial charge on any atom is 0.119 e. The zero-order valence-electron chi connectivity index (χ0n) is 13.6. The van der Waals surface area contributed by atoms with E-state index in [1.165, 1.54) is 44.2 Å². The Kier molecular flexibility index (Phi) is 7.04. The number of likely N-dealkylation sites (N-methyl/N-ethyl adjacent to an activating group) is 1. The van der Waals surface area contributed by atoms with E-state index in [1.54, 1.807) is 7.11 Å². The first-order valence-corrected chi connectivity index (χ1v) is 8.30. The second-order valence-corrected chi connectivity index (χ2v) is 6.30. The summed E-state index contributed by atoms with van der Waals surface area (Å²) in [5, 5.41) is 3.63. The number of rotatable bonds is 8. The van der Waals surface area contributed by atoms with Crippen LogP contribution in [0.15, 0.2) is 24.3 Å². The summed E-state index contributed by atoms with van der Waals surface area (Å²) in [5.74, 6) is 1.86. The molecule has 118 valence electrons. The average molecular weight is 290 g/mol. The Morgan fingerprint density at radius 2 is 2.05 bits per heavy atom. The van der Waals surface area contributed by atoms with Crippen molar-refractivity contribution in [2.45, 2.75) is 38.6 Å². The quantitative estimate of drug-likeness (QED) is 0.744. The van der Waals surface area contributed by atoms with Crippen LogP contribution in [0.3, 0.4) is 0 Å². The van der Waals surface area contributed by atoms with Crippen molar-refractivity contribution < 1.29 is 4.74 Å². The number of benzene rings is 1. The van der Waals surface area contributed by atoms with Crippen molar-refractivity contribution in [2.24, 2.45) is 5.92 Å². The van der Waals surface area contributed by atoms with E-state index >= 15 is 0 Å². The number of nitrogens with zero attached hydrogens (tertiary/aromatic N) is 1. The number of nitrogens with one attached hydrogen (secondary N) is 1. The van der Waals surface area contributed by atoms with Crippen molar-refractivity contribution in [3.05, 3.63) is 29.8 Å². The van der Waals surface area contributed by atoms with E-state index in [9.17, 15) is 0 Å². The molecule has 0 spiro atoms. The minimum atomic E-state index is 0.919. The topological polar surface area (TPSA) is 24.5 Å². The molecule has 1 fully saturated rings. The zero-order valence-corrected chi connectivity index (χ0v) is 13.6.